The van der Waals surface area contributed by atoms with E-state index >= 15 is 0 Å². The van der Waals surface area contributed by atoms with Gasteiger partial charge in [-0.3, -0.25) is 14.9 Å². The van der Waals surface area contributed by atoms with Crippen molar-refractivity contribution in [2.45, 2.75) is 20.3 Å². The zero-order valence-corrected chi connectivity index (χ0v) is 10.7. The molecule has 0 spiro atoms. The van der Waals surface area contributed by atoms with E-state index in [9.17, 15) is 14.9 Å². The van der Waals surface area contributed by atoms with Crippen molar-refractivity contribution in [2.24, 2.45) is 0 Å². The number of nitrogens with two attached hydrogens (primary N) is 1. The number of anilines is 1. The number of aryl methyl sites for hydroxylation is 1. The van der Waals surface area contributed by atoms with Crippen LogP contribution in [0.25, 0.3) is 0 Å². The second kappa shape index (κ2) is 6.40. The number of carbonyl (C=O) groups is 1. The predicted molar refractivity (Wildman–Crippen MR) is 70.4 cm³/mol. The number of hydrogen-bond donors (Lipinski definition) is 1. The van der Waals surface area contributed by atoms with Gasteiger partial charge in [-0.2, -0.15) is 0 Å². The first-order chi connectivity index (χ1) is 8.95. The Bertz CT molecular complexity index is 570. The molecule has 2 N–H and O–H groups in total. The smallest absolute Gasteiger partial charge is 0.317 e. The maximum atomic E-state index is 11.1. The van der Waals surface area contributed by atoms with Gasteiger partial charge in [0.15, 0.2) is 0 Å². The number of nitrogens with zero attached hydrogens (tertiary/aromatic N) is 1. The van der Waals surface area contributed by atoms with Crippen LogP contribution in [-0.4, -0.2) is 17.5 Å². The highest BCUT2D eigenvalue weighted by Gasteiger charge is 2.14. The molecule has 0 saturated heterocycles. The molecule has 0 aromatic heterocycles. The second-order valence-electron chi connectivity index (χ2n) is 3.79. The number of esters is 1. The van der Waals surface area contributed by atoms with Gasteiger partial charge in [-0.15, -0.1) is 0 Å². The van der Waals surface area contributed by atoms with E-state index in [0.717, 1.165) is 0 Å². The van der Waals surface area contributed by atoms with E-state index in [1.165, 1.54) is 6.07 Å². The average Bonchev–Trinajstić information content (AvgIpc) is 2.33. The van der Waals surface area contributed by atoms with Crippen LogP contribution in [-0.2, 0) is 9.53 Å². The molecule has 1 rings (SSSR count). The molecule has 1 aromatic carbocycles. The molecule has 0 aliphatic rings. The number of rotatable bonds is 3. The van der Waals surface area contributed by atoms with Gasteiger partial charge >= 0.3 is 5.97 Å². The van der Waals surface area contributed by atoms with Crippen LogP contribution in [0.1, 0.15) is 24.5 Å². The van der Waals surface area contributed by atoms with Crippen molar-refractivity contribution in [1.82, 2.24) is 0 Å². The van der Waals surface area contributed by atoms with Crippen LogP contribution >= 0.6 is 0 Å². The summed E-state index contributed by atoms with van der Waals surface area (Å²) in [6, 6.07) is 3.02. The molecule has 0 amide bonds. The Morgan fingerprint density at radius 3 is 2.79 bits per heavy atom. The van der Waals surface area contributed by atoms with Gasteiger partial charge in [0.25, 0.3) is 5.69 Å². The highest BCUT2D eigenvalue weighted by molar-refractivity contribution is 5.74. The minimum Gasteiger partial charge on any atom is -0.465 e. The lowest BCUT2D eigenvalue weighted by Crippen LogP contribution is -2.02. The van der Waals surface area contributed by atoms with Crippen molar-refractivity contribution in [1.29, 1.82) is 0 Å². The molecule has 0 aliphatic heterocycles. The van der Waals surface area contributed by atoms with Crippen molar-refractivity contribution < 1.29 is 14.5 Å². The molecule has 0 aliphatic carbocycles. The highest BCUT2D eigenvalue weighted by atomic mass is 16.6. The van der Waals surface area contributed by atoms with Crippen LogP contribution in [0.5, 0.6) is 0 Å². The quantitative estimate of drug-likeness (QED) is 0.294. The van der Waals surface area contributed by atoms with E-state index in [0.29, 0.717) is 17.7 Å². The average molecular weight is 262 g/mol. The molecule has 19 heavy (non-hydrogen) atoms. The number of carbonyl (C=O) groups excluding carboxylic acids is 1. The summed E-state index contributed by atoms with van der Waals surface area (Å²) in [4.78, 5) is 21.3. The lowest BCUT2D eigenvalue weighted by molar-refractivity contribution is -0.384. The third kappa shape index (κ3) is 4.00. The Labute approximate surface area is 110 Å². The summed E-state index contributed by atoms with van der Waals surface area (Å²) in [5.74, 6) is 4.82. The second-order valence-corrected chi connectivity index (χ2v) is 3.79. The van der Waals surface area contributed by atoms with Crippen LogP contribution in [0.3, 0.4) is 0 Å². The molecule has 6 nitrogen and oxygen atoms in total. The number of hydrogen-bond acceptors (Lipinski definition) is 5. The van der Waals surface area contributed by atoms with Gasteiger partial charge in [0, 0.05) is 6.07 Å². The number of nitrogen functional groups attached to an aromatic ring is 1. The lowest BCUT2D eigenvalue weighted by atomic mass is 10.1. The molecule has 0 atom stereocenters. The number of ether oxygens (including phenoxy) is 1. The van der Waals surface area contributed by atoms with E-state index in [4.69, 9.17) is 10.5 Å². The predicted octanol–water partition coefficient (Wildman–Crippen LogP) is 1.79. The van der Waals surface area contributed by atoms with Crippen molar-refractivity contribution in [3.8, 4) is 11.8 Å². The fourth-order valence-corrected chi connectivity index (χ4v) is 1.46. The van der Waals surface area contributed by atoms with E-state index in [1.54, 1.807) is 19.9 Å². The zero-order valence-electron chi connectivity index (χ0n) is 10.7. The molecule has 6 heteroatoms. The Kier molecular flexibility index (Phi) is 4.89. The van der Waals surface area contributed by atoms with Crippen LogP contribution < -0.4 is 5.73 Å². The first-order valence-electron chi connectivity index (χ1n) is 5.64. The fourth-order valence-electron chi connectivity index (χ4n) is 1.46. The number of nitro groups is 1. The van der Waals surface area contributed by atoms with Gasteiger partial charge in [-0.1, -0.05) is 11.8 Å². The molecule has 100 valence electrons. The molecule has 0 heterocycles. The summed E-state index contributed by atoms with van der Waals surface area (Å²) in [5, 5.41) is 10.8. The van der Waals surface area contributed by atoms with Crippen molar-refractivity contribution >= 4 is 17.3 Å². The van der Waals surface area contributed by atoms with Gasteiger partial charge in [-0.25, -0.2) is 0 Å². The normalized spacial score (nSPS) is 9.37. The van der Waals surface area contributed by atoms with Crippen LogP contribution in [0.2, 0.25) is 0 Å². The van der Waals surface area contributed by atoms with Gasteiger partial charge in [0.1, 0.15) is 12.1 Å². The maximum Gasteiger partial charge on any atom is 0.317 e. The van der Waals surface area contributed by atoms with Gasteiger partial charge in [0.05, 0.1) is 17.1 Å². The summed E-state index contributed by atoms with van der Waals surface area (Å²) in [6.45, 7) is 3.70. The third-order valence-corrected chi connectivity index (χ3v) is 2.26. The summed E-state index contributed by atoms with van der Waals surface area (Å²) < 4.78 is 4.71. The molecule has 0 saturated carbocycles. The standard InChI is InChI=1S/C13H14N2O4/c1-3-19-12(16)6-4-5-10-7-9(2)8-11(13(10)14)15(17)18/h7-8H,3,6,14H2,1-2H3. The van der Waals surface area contributed by atoms with Crippen molar-refractivity contribution in [2.75, 3.05) is 12.3 Å². The molecule has 0 radical (unpaired) electrons. The van der Waals surface area contributed by atoms with Crippen LogP contribution in [0.4, 0.5) is 11.4 Å². The zero-order chi connectivity index (χ0) is 14.4. The fraction of sp³-hybridized carbons (Fsp3) is 0.308. The molecule has 0 unspecified atom stereocenters. The van der Waals surface area contributed by atoms with Gasteiger partial charge in [-0.05, 0) is 25.5 Å². The summed E-state index contributed by atoms with van der Waals surface area (Å²) in [7, 11) is 0. The Balaban J connectivity index is 2.99. The largest absolute Gasteiger partial charge is 0.465 e. The van der Waals surface area contributed by atoms with Gasteiger partial charge in [0.2, 0.25) is 0 Å². The van der Waals surface area contributed by atoms with Crippen molar-refractivity contribution in [3.63, 3.8) is 0 Å². The monoisotopic (exact) mass is 262 g/mol. The topological polar surface area (TPSA) is 95.5 Å². The first-order valence-corrected chi connectivity index (χ1v) is 5.64. The van der Waals surface area contributed by atoms with E-state index in [1.807, 2.05) is 0 Å². The molecule has 0 bridgehead atoms. The Morgan fingerprint density at radius 1 is 1.53 bits per heavy atom. The minimum absolute atomic E-state index is 0.00644. The SMILES string of the molecule is CCOC(=O)CC#Cc1cc(C)cc([N+](=O)[O-])c1N. The van der Waals surface area contributed by atoms with Crippen LogP contribution in [0.15, 0.2) is 12.1 Å². The first kappa shape index (κ1) is 14.5. The van der Waals surface area contributed by atoms with E-state index in [-0.39, 0.29) is 17.8 Å². The number of benzene rings is 1. The van der Waals surface area contributed by atoms with Crippen molar-refractivity contribution in [3.05, 3.63) is 33.4 Å². The van der Waals surface area contributed by atoms with Gasteiger partial charge < -0.3 is 10.5 Å². The highest BCUT2D eigenvalue weighted by Crippen LogP contribution is 2.26. The molecular weight excluding hydrogens is 248 g/mol. The minimum atomic E-state index is -0.557. The van der Waals surface area contributed by atoms with E-state index in [2.05, 4.69) is 11.8 Å². The summed E-state index contributed by atoms with van der Waals surface area (Å²) in [6.07, 6.45) is -0.0744. The van der Waals surface area contributed by atoms with E-state index < -0.39 is 10.9 Å². The summed E-state index contributed by atoms with van der Waals surface area (Å²) in [5.41, 5.74) is 6.52. The Morgan fingerprint density at radius 2 is 2.21 bits per heavy atom. The third-order valence-electron chi connectivity index (χ3n) is 2.26. The van der Waals surface area contributed by atoms with Crippen LogP contribution in [0, 0.1) is 28.9 Å². The lowest BCUT2D eigenvalue weighted by Gasteiger charge is -2.02. The number of nitro benzene ring substituents is 1. The maximum absolute atomic E-state index is 11.1. The Hall–Kier alpha value is -2.55. The molecule has 0 fully saturated rings. The molecular formula is C13H14N2O4. The summed E-state index contributed by atoms with van der Waals surface area (Å²) >= 11 is 0. The molecule has 1 aromatic rings.